The molecule has 2 amide bonds. The fraction of sp³-hybridized carbons (Fsp3) is 0.500. The molecule has 0 aromatic heterocycles. The molecule has 1 heterocycles. The molecule has 19 heavy (non-hydrogen) atoms. The first kappa shape index (κ1) is 14.8. The highest BCUT2D eigenvalue weighted by Gasteiger charge is 2.67. The number of carbonyl (C=O) groups excluding carboxylic acids is 2. The Morgan fingerprint density at radius 1 is 1.58 bits per heavy atom. The maximum Gasteiger partial charge on any atom is 0.425 e. The van der Waals surface area contributed by atoms with Crippen molar-refractivity contribution in [2.24, 2.45) is 0 Å². The Morgan fingerprint density at radius 2 is 2.16 bits per heavy atom. The Kier molecular flexibility index (Phi) is 3.74. The third kappa shape index (κ3) is 2.21. The second-order valence-electron chi connectivity index (χ2n) is 3.66. The molecule has 0 aromatic carbocycles. The second kappa shape index (κ2) is 4.79. The van der Waals surface area contributed by atoms with Crippen LogP contribution in [0.2, 0.25) is 0 Å². The predicted octanol–water partition coefficient (Wildman–Crippen LogP) is 0.961. The zero-order valence-electron chi connectivity index (χ0n) is 10.0. The highest BCUT2D eigenvalue weighted by Crippen LogP contribution is 2.40. The number of nitrogens with zero attached hydrogens (tertiary/aromatic N) is 1. The highest BCUT2D eigenvalue weighted by atomic mass is 19.4. The number of hydrogen-bond acceptors (Lipinski definition) is 4. The first-order valence-electron chi connectivity index (χ1n) is 5.15. The molecule has 0 aromatic rings. The number of allylic oxidation sites excluding steroid dienone is 1. The molecule has 0 fully saturated rings. The Balaban J connectivity index is 3.34. The van der Waals surface area contributed by atoms with Gasteiger partial charge in [0.1, 0.15) is 0 Å². The number of rotatable bonds is 2. The van der Waals surface area contributed by atoms with Crippen LogP contribution in [0, 0.1) is 11.3 Å². The molecule has 1 aliphatic heterocycles. The average molecular weight is 277 g/mol. The minimum absolute atomic E-state index is 0.175. The summed E-state index contributed by atoms with van der Waals surface area (Å²) in [5, 5.41) is 12.1. The van der Waals surface area contributed by atoms with Crippen molar-refractivity contribution in [3.8, 4) is 6.07 Å². The largest absolute Gasteiger partial charge is 0.450 e. The van der Waals surface area contributed by atoms with Crippen LogP contribution in [0.25, 0.3) is 0 Å². The van der Waals surface area contributed by atoms with Gasteiger partial charge in [0.2, 0.25) is 0 Å². The molecule has 0 aliphatic carbocycles. The summed E-state index contributed by atoms with van der Waals surface area (Å²) in [4.78, 5) is 22.8. The summed E-state index contributed by atoms with van der Waals surface area (Å²) in [6.45, 7) is 2.35. The zero-order valence-corrected chi connectivity index (χ0v) is 10.0. The fourth-order valence-corrected chi connectivity index (χ4v) is 1.67. The van der Waals surface area contributed by atoms with Crippen LogP contribution in [0.5, 0.6) is 0 Å². The van der Waals surface area contributed by atoms with E-state index < -0.39 is 29.3 Å². The molecule has 0 radical (unpaired) electrons. The first-order valence-corrected chi connectivity index (χ1v) is 5.15. The lowest BCUT2D eigenvalue weighted by atomic mass is 9.90. The maximum atomic E-state index is 13.2. The smallest absolute Gasteiger partial charge is 0.425 e. The van der Waals surface area contributed by atoms with Crippen molar-refractivity contribution < 1.29 is 27.5 Å². The Morgan fingerprint density at radius 3 is 2.58 bits per heavy atom. The molecule has 6 nitrogen and oxygen atoms in total. The van der Waals surface area contributed by atoms with Crippen molar-refractivity contribution in [2.75, 3.05) is 6.61 Å². The van der Waals surface area contributed by atoms with Gasteiger partial charge in [-0.05, 0) is 13.8 Å². The molecule has 0 saturated heterocycles. The Bertz CT molecular complexity index is 492. The normalized spacial score (nSPS) is 22.8. The van der Waals surface area contributed by atoms with E-state index in [0.717, 1.165) is 6.92 Å². The molecule has 9 heteroatoms. The number of alkyl carbamates (subject to hydrolysis) is 1. The fourth-order valence-electron chi connectivity index (χ4n) is 1.67. The number of ether oxygens (including phenoxy) is 1. The summed E-state index contributed by atoms with van der Waals surface area (Å²) >= 11 is 0. The van der Waals surface area contributed by atoms with E-state index >= 15 is 0 Å². The van der Waals surface area contributed by atoms with E-state index in [0.29, 0.717) is 0 Å². The summed E-state index contributed by atoms with van der Waals surface area (Å²) in [7, 11) is 0. The van der Waals surface area contributed by atoms with Gasteiger partial charge in [-0.25, -0.2) is 4.79 Å². The van der Waals surface area contributed by atoms with Crippen LogP contribution in [-0.2, 0) is 9.53 Å². The van der Waals surface area contributed by atoms with Crippen LogP contribution >= 0.6 is 0 Å². The van der Waals surface area contributed by atoms with Crippen LogP contribution in [0.3, 0.4) is 0 Å². The number of halogens is 3. The summed E-state index contributed by atoms with van der Waals surface area (Å²) in [6, 6.07) is 1.30. The summed E-state index contributed by atoms with van der Waals surface area (Å²) in [6.07, 6.45) is -6.61. The highest BCUT2D eigenvalue weighted by molar-refractivity contribution is 5.99. The minimum Gasteiger partial charge on any atom is -0.450 e. The van der Waals surface area contributed by atoms with E-state index in [2.05, 4.69) is 4.74 Å². The van der Waals surface area contributed by atoms with Crippen molar-refractivity contribution in [1.82, 2.24) is 10.6 Å². The van der Waals surface area contributed by atoms with Gasteiger partial charge in [0.15, 0.2) is 0 Å². The Hall–Kier alpha value is -2.24. The van der Waals surface area contributed by atoms with Crippen molar-refractivity contribution >= 4 is 12.0 Å². The van der Waals surface area contributed by atoms with Gasteiger partial charge >= 0.3 is 12.3 Å². The molecule has 0 unspecified atom stereocenters. The van der Waals surface area contributed by atoms with Crippen molar-refractivity contribution in [1.29, 1.82) is 5.26 Å². The number of hydrogen-bond donors (Lipinski definition) is 2. The van der Waals surface area contributed by atoms with Gasteiger partial charge in [-0.1, -0.05) is 0 Å². The van der Waals surface area contributed by atoms with Crippen molar-refractivity contribution in [3.05, 3.63) is 11.3 Å². The lowest BCUT2D eigenvalue weighted by Gasteiger charge is -2.29. The molecule has 1 aliphatic rings. The van der Waals surface area contributed by atoms with E-state index in [1.165, 1.54) is 18.3 Å². The van der Waals surface area contributed by atoms with Gasteiger partial charge in [-0.15, -0.1) is 0 Å². The van der Waals surface area contributed by atoms with Gasteiger partial charge in [-0.3, -0.25) is 10.1 Å². The van der Waals surface area contributed by atoms with E-state index in [1.54, 1.807) is 0 Å². The standard InChI is InChI=1S/C10H10F3N3O3/c1-3-19-8(18)16-9(10(11,12)13)6(4-14)5(2)15-7(9)17/h3H2,1-2H3,(H,15,17)(H,16,18)/t9-/m0/s1. The summed E-state index contributed by atoms with van der Waals surface area (Å²) in [5.74, 6) is -1.54. The molecular formula is C10H10F3N3O3. The van der Waals surface area contributed by atoms with Crippen LogP contribution in [0.1, 0.15) is 13.8 Å². The number of alkyl halides is 3. The maximum absolute atomic E-state index is 13.2. The van der Waals surface area contributed by atoms with Gasteiger partial charge in [-0.2, -0.15) is 18.4 Å². The van der Waals surface area contributed by atoms with E-state index in [4.69, 9.17) is 5.26 Å². The number of carbonyl (C=O) groups is 2. The van der Waals surface area contributed by atoms with Gasteiger partial charge < -0.3 is 10.1 Å². The van der Waals surface area contributed by atoms with E-state index in [9.17, 15) is 22.8 Å². The van der Waals surface area contributed by atoms with Crippen LogP contribution in [0.4, 0.5) is 18.0 Å². The number of amides is 2. The molecular weight excluding hydrogens is 267 g/mol. The van der Waals surface area contributed by atoms with Gasteiger partial charge in [0.25, 0.3) is 11.4 Å². The molecule has 0 bridgehead atoms. The van der Waals surface area contributed by atoms with Crippen LogP contribution < -0.4 is 10.6 Å². The molecule has 2 N–H and O–H groups in total. The number of nitriles is 1. The topological polar surface area (TPSA) is 91.2 Å². The number of nitrogens with one attached hydrogen (secondary N) is 2. The van der Waals surface area contributed by atoms with Gasteiger partial charge in [0, 0.05) is 5.70 Å². The van der Waals surface area contributed by atoms with E-state index in [-0.39, 0.29) is 12.3 Å². The molecule has 1 rings (SSSR count). The predicted molar refractivity (Wildman–Crippen MR) is 55.4 cm³/mol. The molecule has 0 saturated carbocycles. The first-order chi connectivity index (χ1) is 8.70. The lowest BCUT2D eigenvalue weighted by molar-refractivity contribution is -0.185. The molecule has 0 spiro atoms. The summed E-state index contributed by atoms with van der Waals surface area (Å²) in [5.41, 5.74) is -4.57. The second-order valence-corrected chi connectivity index (χ2v) is 3.66. The Labute approximate surface area is 106 Å². The lowest BCUT2D eigenvalue weighted by Crippen LogP contribution is -2.64. The van der Waals surface area contributed by atoms with Crippen LogP contribution in [-0.4, -0.2) is 30.3 Å². The monoisotopic (exact) mass is 277 g/mol. The van der Waals surface area contributed by atoms with Crippen molar-refractivity contribution in [3.63, 3.8) is 0 Å². The molecule has 1 atom stereocenters. The SMILES string of the molecule is CCOC(=O)N[C@]1(C(F)(F)F)C(=O)NC(C)=C1C#N. The van der Waals surface area contributed by atoms with E-state index in [1.807, 2.05) is 5.32 Å². The third-order valence-corrected chi connectivity index (χ3v) is 2.49. The van der Waals surface area contributed by atoms with Crippen LogP contribution in [0.15, 0.2) is 11.3 Å². The van der Waals surface area contributed by atoms with Gasteiger partial charge in [0.05, 0.1) is 18.2 Å². The quantitative estimate of drug-likeness (QED) is 0.786. The minimum atomic E-state index is -5.17. The zero-order chi connectivity index (χ0) is 14.8. The summed E-state index contributed by atoms with van der Waals surface area (Å²) < 4.78 is 43.8. The average Bonchev–Trinajstić information content (AvgIpc) is 2.50. The molecule has 104 valence electrons. The van der Waals surface area contributed by atoms with Crippen molar-refractivity contribution in [2.45, 2.75) is 25.6 Å². The third-order valence-electron chi connectivity index (χ3n) is 2.49.